The SMILES string of the molecule is O=C(c1cc(O)cc(O)c1)N1CCN(C(=O)c2ccccc2Cl)CC1. The number of benzene rings is 2. The van der Waals surface area contributed by atoms with E-state index in [-0.39, 0.29) is 28.9 Å². The van der Waals surface area contributed by atoms with Gasteiger partial charge < -0.3 is 20.0 Å². The van der Waals surface area contributed by atoms with Crippen LogP contribution in [-0.4, -0.2) is 58.0 Å². The van der Waals surface area contributed by atoms with Gasteiger partial charge in [0.05, 0.1) is 10.6 Å². The predicted molar refractivity (Wildman–Crippen MR) is 93.0 cm³/mol. The van der Waals surface area contributed by atoms with Crippen LogP contribution in [0.25, 0.3) is 0 Å². The molecule has 0 unspecified atom stereocenters. The van der Waals surface area contributed by atoms with Crippen LogP contribution in [0.2, 0.25) is 5.02 Å². The number of rotatable bonds is 2. The van der Waals surface area contributed by atoms with Gasteiger partial charge in [0.15, 0.2) is 0 Å². The maximum atomic E-state index is 12.5. The molecule has 2 aromatic rings. The molecule has 25 heavy (non-hydrogen) atoms. The minimum Gasteiger partial charge on any atom is -0.508 e. The maximum Gasteiger partial charge on any atom is 0.255 e. The third-order valence-electron chi connectivity index (χ3n) is 4.11. The zero-order chi connectivity index (χ0) is 18.0. The number of aromatic hydroxyl groups is 2. The second-order valence-electron chi connectivity index (χ2n) is 5.80. The molecule has 1 saturated heterocycles. The highest BCUT2D eigenvalue weighted by Gasteiger charge is 2.26. The van der Waals surface area contributed by atoms with Crippen molar-refractivity contribution in [2.45, 2.75) is 0 Å². The van der Waals surface area contributed by atoms with E-state index in [1.54, 1.807) is 34.1 Å². The first kappa shape index (κ1) is 17.1. The molecule has 0 atom stereocenters. The summed E-state index contributed by atoms with van der Waals surface area (Å²) in [6.07, 6.45) is 0. The average molecular weight is 361 g/mol. The minimum absolute atomic E-state index is 0.160. The van der Waals surface area contributed by atoms with Crippen LogP contribution in [-0.2, 0) is 0 Å². The molecule has 1 fully saturated rings. The number of phenolic OH excluding ortho intramolecular Hbond substituents is 2. The van der Waals surface area contributed by atoms with Gasteiger partial charge in [-0.2, -0.15) is 0 Å². The first-order valence-electron chi connectivity index (χ1n) is 7.82. The molecule has 2 N–H and O–H groups in total. The number of phenols is 2. The van der Waals surface area contributed by atoms with E-state index in [1.165, 1.54) is 12.1 Å². The summed E-state index contributed by atoms with van der Waals surface area (Å²) in [5, 5.41) is 19.4. The number of piperazine rings is 1. The molecule has 0 spiro atoms. The Hall–Kier alpha value is -2.73. The van der Waals surface area contributed by atoms with E-state index in [4.69, 9.17) is 11.6 Å². The smallest absolute Gasteiger partial charge is 0.255 e. The van der Waals surface area contributed by atoms with Gasteiger partial charge in [-0.15, -0.1) is 0 Å². The van der Waals surface area contributed by atoms with E-state index < -0.39 is 0 Å². The minimum atomic E-state index is -0.295. The Morgan fingerprint density at radius 2 is 1.36 bits per heavy atom. The molecule has 7 heteroatoms. The van der Waals surface area contributed by atoms with Crippen LogP contribution < -0.4 is 0 Å². The van der Waals surface area contributed by atoms with Gasteiger partial charge in [0.25, 0.3) is 11.8 Å². The topological polar surface area (TPSA) is 81.1 Å². The van der Waals surface area contributed by atoms with Crippen LogP contribution >= 0.6 is 11.6 Å². The molecule has 0 saturated carbocycles. The second-order valence-corrected chi connectivity index (χ2v) is 6.21. The molecule has 0 radical (unpaired) electrons. The van der Waals surface area contributed by atoms with E-state index in [0.29, 0.717) is 36.8 Å². The Morgan fingerprint density at radius 1 is 0.840 bits per heavy atom. The first-order chi connectivity index (χ1) is 12.0. The molecule has 130 valence electrons. The van der Waals surface area contributed by atoms with Crippen LogP contribution in [0.4, 0.5) is 0 Å². The van der Waals surface area contributed by atoms with Crippen molar-refractivity contribution in [3.63, 3.8) is 0 Å². The molecule has 3 rings (SSSR count). The molecule has 2 amide bonds. The Morgan fingerprint density at radius 3 is 1.92 bits per heavy atom. The van der Waals surface area contributed by atoms with E-state index >= 15 is 0 Å². The Labute approximate surface area is 149 Å². The van der Waals surface area contributed by atoms with Gasteiger partial charge in [-0.3, -0.25) is 9.59 Å². The van der Waals surface area contributed by atoms with Gasteiger partial charge in [0, 0.05) is 37.8 Å². The number of hydrogen-bond donors (Lipinski definition) is 2. The highest BCUT2D eigenvalue weighted by Crippen LogP contribution is 2.22. The van der Waals surface area contributed by atoms with E-state index in [9.17, 15) is 19.8 Å². The zero-order valence-electron chi connectivity index (χ0n) is 13.4. The fourth-order valence-corrected chi connectivity index (χ4v) is 3.04. The average Bonchev–Trinajstić information content (AvgIpc) is 2.60. The lowest BCUT2D eigenvalue weighted by molar-refractivity contribution is 0.0535. The van der Waals surface area contributed by atoms with Crippen molar-refractivity contribution in [1.82, 2.24) is 9.80 Å². The van der Waals surface area contributed by atoms with Crippen molar-refractivity contribution in [2.24, 2.45) is 0 Å². The van der Waals surface area contributed by atoms with Crippen molar-refractivity contribution >= 4 is 23.4 Å². The summed E-state index contributed by atoms with van der Waals surface area (Å²) in [5.74, 6) is -0.796. The van der Waals surface area contributed by atoms with Crippen molar-refractivity contribution < 1.29 is 19.8 Å². The summed E-state index contributed by atoms with van der Waals surface area (Å²) in [7, 11) is 0. The quantitative estimate of drug-likeness (QED) is 0.861. The van der Waals surface area contributed by atoms with Crippen LogP contribution in [0.5, 0.6) is 11.5 Å². The fourth-order valence-electron chi connectivity index (χ4n) is 2.82. The van der Waals surface area contributed by atoms with Crippen molar-refractivity contribution in [1.29, 1.82) is 0 Å². The predicted octanol–water partition coefficient (Wildman–Crippen LogP) is 2.35. The van der Waals surface area contributed by atoms with Crippen LogP contribution in [0.3, 0.4) is 0 Å². The molecule has 0 aliphatic carbocycles. The largest absolute Gasteiger partial charge is 0.508 e. The lowest BCUT2D eigenvalue weighted by Crippen LogP contribution is -2.50. The van der Waals surface area contributed by atoms with Crippen molar-refractivity contribution in [2.75, 3.05) is 26.2 Å². The first-order valence-corrected chi connectivity index (χ1v) is 8.19. The third-order valence-corrected chi connectivity index (χ3v) is 4.44. The molecular weight excluding hydrogens is 344 g/mol. The number of hydrogen-bond acceptors (Lipinski definition) is 4. The molecule has 0 bridgehead atoms. The summed E-state index contributed by atoms with van der Waals surface area (Å²) >= 11 is 6.07. The normalized spacial score (nSPS) is 14.4. The molecule has 1 heterocycles. The Balaban J connectivity index is 1.66. The Kier molecular flexibility index (Phi) is 4.81. The van der Waals surface area contributed by atoms with Crippen molar-refractivity contribution in [3.8, 4) is 11.5 Å². The lowest BCUT2D eigenvalue weighted by atomic mass is 10.1. The lowest BCUT2D eigenvalue weighted by Gasteiger charge is -2.35. The second kappa shape index (κ2) is 7.03. The van der Waals surface area contributed by atoms with E-state index in [2.05, 4.69) is 0 Å². The maximum absolute atomic E-state index is 12.5. The van der Waals surface area contributed by atoms with E-state index in [0.717, 1.165) is 6.07 Å². The molecule has 2 aromatic carbocycles. The van der Waals surface area contributed by atoms with Gasteiger partial charge >= 0.3 is 0 Å². The van der Waals surface area contributed by atoms with Crippen LogP contribution in [0.1, 0.15) is 20.7 Å². The number of amides is 2. The number of carbonyl (C=O) groups excluding carboxylic acids is 2. The van der Waals surface area contributed by atoms with Crippen molar-refractivity contribution in [3.05, 3.63) is 58.6 Å². The standard InChI is InChI=1S/C18H17ClN2O4/c19-16-4-2-1-3-15(16)18(25)21-7-5-20(6-8-21)17(24)12-9-13(22)11-14(23)10-12/h1-4,9-11,22-23H,5-8H2. The zero-order valence-corrected chi connectivity index (χ0v) is 14.1. The van der Waals surface area contributed by atoms with Crippen LogP contribution in [0, 0.1) is 0 Å². The highest BCUT2D eigenvalue weighted by molar-refractivity contribution is 6.33. The van der Waals surface area contributed by atoms with Gasteiger partial charge in [-0.05, 0) is 24.3 Å². The monoisotopic (exact) mass is 360 g/mol. The summed E-state index contributed by atoms with van der Waals surface area (Å²) in [6.45, 7) is 1.51. The molecule has 0 aromatic heterocycles. The van der Waals surface area contributed by atoms with Gasteiger partial charge in [0.1, 0.15) is 11.5 Å². The fraction of sp³-hybridized carbons (Fsp3) is 0.222. The summed E-state index contributed by atoms with van der Waals surface area (Å²) in [4.78, 5) is 28.3. The van der Waals surface area contributed by atoms with Gasteiger partial charge in [-0.1, -0.05) is 23.7 Å². The third kappa shape index (κ3) is 3.69. The summed E-state index contributed by atoms with van der Waals surface area (Å²) < 4.78 is 0. The number of carbonyl (C=O) groups is 2. The van der Waals surface area contributed by atoms with E-state index in [1.807, 2.05) is 0 Å². The molecule has 1 aliphatic heterocycles. The summed E-state index contributed by atoms with van der Waals surface area (Å²) in [5.41, 5.74) is 0.658. The van der Waals surface area contributed by atoms with Gasteiger partial charge in [0.2, 0.25) is 0 Å². The number of halogens is 1. The molecular formula is C18H17ClN2O4. The Bertz CT molecular complexity index is 796. The van der Waals surface area contributed by atoms with Gasteiger partial charge in [-0.25, -0.2) is 0 Å². The summed E-state index contributed by atoms with van der Waals surface area (Å²) in [6, 6.07) is 10.7. The molecule has 1 aliphatic rings. The van der Waals surface area contributed by atoms with Crippen LogP contribution in [0.15, 0.2) is 42.5 Å². The highest BCUT2D eigenvalue weighted by atomic mass is 35.5. The number of nitrogens with zero attached hydrogens (tertiary/aromatic N) is 2. The molecule has 6 nitrogen and oxygen atoms in total.